The SMILES string of the molecule is CC(C)(C)c1ccc(NC(=O)COC(=O)[C@@H]2CCCN2C(=O)c2cccs2)cc1. The molecule has 0 unspecified atom stereocenters. The third-order valence-electron chi connectivity index (χ3n) is 4.90. The topological polar surface area (TPSA) is 75.7 Å². The fourth-order valence-corrected chi connectivity index (χ4v) is 3.96. The molecular weight excluding hydrogens is 388 g/mol. The smallest absolute Gasteiger partial charge is 0.329 e. The third-order valence-corrected chi connectivity index (χ3v) is 5.76. The maximum atomic E-state index is 12.5. The van der Waals surface area contributed by atoms with E-state index in [4.69, 9.17) is 4.74 Å². The zero-order valence-electron chi connectivity index (χ0n) is 16.9. The van der Waals surface area contributed by atoms with Gasteiger partial charge in [-0.1, -0.05) is 39.0 Å². The van der Waals surface area contributed by atoms with Crippen molar-refractivity contribution < 1.29 is 19.1 Å². The number of hydrogen-bond donors (Lipinski definition) is 1. The normalized spacial score (nSPS) is 16.5. The molecule has 1 aliphatic rings. The van der Waals surface area contributed by atoms with Crippen molar-refractivity contribution in [3.63, 3.8) is 0 Å². The molecule has 154 valence electrons. The largest absolute Gasteiger partial charge is 0.454 e. The van der Waals surface area contributed by atoms with Gasteiger partial charge in [0.05, 0.1) is 4.88 Å². The molecule has 1 saturated heterocycles. The lowest BCUT2D eigenvalue weighted by atomic mass is 9.87. The first kappa shape index (κ1) is 21.0. The van der Waals surface area contributed by atoms with Gasteiger partial charge in [-0.2, -0.15) is 0 Å². The molecule has 2 aromatic rings. The van der Waals surface area contributed by atoms with Crippen LogP contribution in [0.5, 0.6) is 0 Å². The summed E-state index contributed by atoms with van der Waals surface area (Å²) in [5, 5.41) is 4.56. The van der Waals surface area contributed by atoms with Crippen LogP contribution in [0.4, 0.5) is 5.69 Å². The van der Waals surface area contributed by atoms with E-state index in [0.29, 0.717) is 23.5 Å². The quantitative estimate of drug-likeness (QED) is 0.755. The molecule has 1 N–H and O–H groups in total. The Labute approximate surface area is 174 Å². The van der Waals surface area contributed by atoms with Crippen LogP contribution in [0.3, 0.4) is 0 Å². The van der Waals surface area contributed by atoms with Gasteiger partial charge >= 0.3 is 5.97 Å². The van der Waals surface area contributed by atoms with E-state index >= 15 is 0 Å². The van der Waals surface area contributed by atoms with Gasteiger partial charge in [0.15, 0.2) is 6.61 Å². The summed E-state index contributed by atoms with van der Waals surface area (Å²) < 4.78 is 5.19. The molecule has 2 heterocycles. The second-order valence-corrected chi connectivity index (χ2v) is 9.06. The lowest BCUT2D eigenvalue weighted by Crippen LogP contribution is -2.41. The molecule has 1 atom stereocenters. The van der Waals surface area contributed by atoms with Gasteiger partial charge in [0.2, 0.25) is 0 Å². The Balaban J connectivity index is 1.52. The first-order valence-corrected chi connectivity index (χ1v) is 10.5. The van der Waals surface area contributed by atoms with Crippen molar-refractivity contribution in [1.29, 1.82) is 0 Å². The standard InChI is InChI=1S/C22H26N2O4S/c1-22(2,3)15-8-10-16(11-9-15)23-19(25)14-28-21(27)17-6-4-12-24(17)20(26)18-7-5-13-29-18/h5,7-11,13,17H,4,6,12,14H2,1-3H3,(H,23,25)/t17-/m0/s1. The van der Waals surface area contributed by atoms with E-state index < -0.39 is 17.9 Å². The summed E-state index contributed by atoms with van der Waals surface area (Å²) >= 11 is 1.35. The molecule has 2 amide bonds. The third kappa shape index (κ3) is 5.23. The Morgan fingerprint density at radius 2 is 1.90 bits per heavy atom. The van der Waals surface area contributed by atoms with Gasteiger partial charge in [-0.3, -0.25) is 9.59 Å². The van der Waals surface area contributed by atoms with Crippen LogP contribution in [0.2, 0.25) is 0 Å². The Morgan fingerprint density at radius 3 is 2.52 bits per heavy atom. The van der Waals surface area contributed by atoms with Crippen molar-refractivity contribution in [3.05, 3.63) is 52.2 Å². The van der Waals surface area contributed by atoms with E-state index in [0.717, 1.165) is 6.42 Å². The number of carbonyl (C=O) groups is 3. The van der Waals surface area contributed by atoms with Crippen LogP contribution in [0.15, 0.2) is 41.8 Å². The number of hydrogen-bond acceptors (Lipinski definition) is 5. The zero-order valence-corrected chi connectivity index (χ0v) is 17.8. The molecule has 29 heavy (non-hydrogen) atoms. The summed E-state index contributed by atoms with van der Waals surface area (Å²) in [4.78, 5) is 39.3. The van der Waals surface area contributed by atoms with E-state index in [1.807, 2.05) is 29.6 Å². The van der Waals surface area contributed by atoms with E-state index in [9.17, 15) is 14.4 Å². The number of esters is 1. The highest BCUT2D eigenvalue weighted by atomic mass is 32.1. The first-order valence-electron chi connectivity index (χ1n) is 9.67. The number of amides is 2. The number of likely N-dealkylation sites (tertiary alicyclic amines) is 1. The maximum Gasteiger partial charge on any atom is 0.329 e. The predicted octanol–water partition coefficient (Wildman–Crippen LogP) is 3.83. The molecule has 0 spiro atoms. The molecule has 1 aliphatic heterocycles. The zero-order chi connectivity index (χ0) is 21.0. The fraction of sp³-hybridized carbons (Fsp3) is 0.409. The Bertz CT molecular complexity index is 869. The van der Waals surface area contributed by atoms with Crippen LogP contribution in [0.25, 0.3) is 0 Å². The van der Waals surface area contributed by atoms with Crippen LogP contribution >= 0.6 is 11.3 Å². The maximum absolute atomic E-state index is 12.5. The number of ether oxygens (including phenoxy) is 1. The molecule has 1 fully saturated rings. The number of benzene rings is 1. The summed E-state index contributed by atoms with van der Waals surface area (Å²) in [5.74, 6) is -1.11. The van der Waals surface area contributed by atoms with E-state index in [1.165, 1.54) is 21.8 Å². The summed E-state index contributed by atoms with van der Waals surface area (Å²) in [6.45, 7) is 6.50. The summed E-state index contributed by atoms with van der Waals surface area (Å²) in [7, 11) is 0. The Morgan fingerprint density at radius 1 is 1.17 bits per heavy atom. The minimum atomic E-state index is -0.636. The lowest BCUT2D eigenvalue weighted by molar-refractivity contribution is -0.151. The number of nitrogens with one attached hydrogen (secondary N) is 1. The molecule has 1 aromatic carbocycles. The number of anilines is 1. The minimum Gasteiger partial charge on any atom is -0.454 e. The summed E-state index contributed by atoms with van der Waals surface area (Å²) in [6.07, 6.45) is 1.29. The van der Waals surface area contributed by atoms with Crippen molar-refractivity contribution in [2.24, 2.45) is 0 Å². The van der Waals surface area contributed by atoms with Gasteiger partial charge in [-0.15, -0.1) is 11.3 Å². The molecule has 7 heteroatoms. The minimum absolute atomic E-state index is 0.0335. The van der Waals surface area contributed by atoms with Crippen molar-refractivity contribution in [3.8, 4) is 0 Å². The van der Waals surface area contributed by atoms with Gasteiger partial charge in [0, 0.05) is 12.2 Å². The molecule has 6 nitrogen and oxygen atoms in total. The van der Waals surface area contributed by atoms with Crippen molar-refractivity contribution >= 4 is 34.8 Å². The van der Waals surface area contributed by atoms with Gasteiger partial charge in [-0.25, -0.2) is 4.79 Å². The summed E-state index contributed by atoms with van der Waals surface area (Å²) in [6, 6.07) is 10.5. The molecule has 0 bridgehead atoms. The van der Waals surface area contributed by atoms with E-state index in [1.54, 1.807) is 12.1 Å². The predicted molar refractivity (Wildman–Crippen MR) is 113 cm³/mol. The van der Waals surface area contributed by atoms with Crippen LogP contribution in [0, 0.1) is 0 Å². The van der Waals surface area contributed by atoms with E-state index in [2.05, 4.69) is 26.1 Å². The molecule has 3 rings (SSSR count). The highest BCUT2D eigenvalue weighted by Crippen LogP contribution is 2.24. The van der Waals surface area contributed by atoms with Gasteiger partial charge < -0.3 is 15.0 Å². The first-order chi connectivity index (χ1) is 13.8. The summed E-state index contributed by atoms with van der Waals surface area (Å²) in [5.41, 5.74) is 1.85. The lowest BCUT2D eigenvalue weighted by Gasteiger charge is -2.22. The monoisotopic (exact) mass is 414 g/mol. The second-order valence-electron chi connectivity index (χ2n) is 8.12. The highest BCUT2D eigenvalue weighted by molar-refractivity contribution is 7.12. The second kappa shape index (κ2) is 8.78. The van der Waals surface area contributed by atoms with Gasteiger partial charge in [0.25, 0.3) is 11.8 Å². The molecule has 0 saturated carbocycles. The number of nitrogens with zero attached hydrogens (tertiary/aromatic N) is 1. The van der Waals surface area contributed by atoms with E-state index in [-0.39, 0.29) is 17.9 Å². The fourth-order valence-electron chi connectivity index (χ4n) is 3.28. The molecule has 0 radical (unpaired) electrons. The molecule has 0 aliphatic carbocycles. The van der Waals surface area contributed by atoms with Crippen LogP contribution in [0.1, 0.15) is 48.8 Å². The Kier molecular flexibility index (Phi) is 6.37. The van der Waals surface area contributed by atoms with Crippen LogP contribution in [-0.2, 0) is 19.7 Å². The van der Waals surface area contributed by atoms with Gasteiger partial charge in [0.1, 0.15) is 6.04 Å². The number of thiophene rings is 1. The van der Waals surface area contributed by atoms with Gasteiger partial charge in [-0.05, 0) is 47.4 Å². The molecular formula is C22H26N2O4S. The average molecular weight is 415 g/mol. The highest BCUT2D eigenvalue weighted by Gasteiger charge is 2.36. The van der Waals surface area contributed by atoms with Crippen molar-refractivity contribution in [2.75, 3.05) is 18.5 Å². The van der Waals surface area contributed by atoms with Crippen LogP contribution in [-0.4, -0.2) is 41.9 Å². The Hall–Kier alpha value is -2.67. The van der Waals surface area contributed by atoms with Crippen molar-refractivity contribution in [2.45, 2.75) is 45.1 Å². The molecule has 1 aromatic heterocycles. The number of rotatable bonds is 5. The van der Waals surface area contributed by atoms with Crippen LogP contribution < -0.4 is 5.32 Å². The average Bonchev–Trinajstić information content (AvgIpc) is 3.37. The van der Waals surface area contributed by atoms with Crippen molar-refractivity contribution in [1.82, 2.24) is 4.90 Å². The number of carbonyl (C=O) groups excluding carboxylic acids is 3.